The maximum atomic E-state index is 15.0. The SMILES string of the molecule is CCOC(=O)OP(=O)(O)N(C[C@H]1CN(c2cc(F)c(N3C=CC(=O)CC3)c(F)c2F)C(=O)O1)c1ccon1. The summed E-state index contributed by atoms with van der Waals surface area (Å²) in [6.07, 6.45) is -0.711. The normalized spacial score (nSPS) is 18.8. The lowest BCUT2D eigenvalue weighted by atomic mass is 10.1. The van der Waals surface area contributed by atoms with Crippen LogP contribution in [0.4, 0.5) is 40.0 Å². The molecule has 204 valence electrons. The van der Waals surface area contributed by atoms with E-state index in [-0.39, 0.29) is 31.2 Å². The van der Waals surface area contributed by atoms with E-state index < -0.39 is 68.0 Å². The van der Waals surface area contributed by atoms with Crippen LogP contribution in [0, 0.1) is 17.5 Å². The van der Waals surface area contributed by atoms with E-state index in [2.05, 4.69) is 18.9 Å². The molecule has 1 N–H and O–H groups in total. The van der Waals surface area contributed by atoms with E-state index in [9.17, 15) is 32.6 Å². The Morgan fingerprint density at radius 1 is 1.32 bits per heavy atom. The van der Waals surface area contributed by atoms with Crippen molar-refractivity contribution >= 4 is 43.0 Å². The number of cyclic esters (lactones) is 1. The number of nitrogens with zero attached hydrogens (tertiary/aromatic N) is 4. The molecule has 1 amide bonds. The lowest BCUT2D eigenvalue weighted by Crippen LogP contribution is -2.34. The monoisotopic (exact) mass is 560 g/mol. The summed E-state index contributed by atoms with van der Waals surface area (Å²) in [7, 11) is -5.00. The van der Waals surface area contributed by atoms with Gasteiger partial charge in [-0.05, 0) is 13.0 Å². The molecule has 3 heterocycles. The lowest BCUT2D eigenvalue weighted by molar-refractivity contribution is -0.114. The fraction of sp³-hybridized carbons (Fsp3) is 0.333. The van der Waals surface area contributed by atoms with Crippen LogP contribution in [-0.4, -0.2) is 60.4 Å². The summed E-state index contributed by atoms with van der Waals surface area (Å²) in [6, 6.07) is 1.75. The maximum absolute atomic E-state index is 15.0. The second-order valence-electron chi connectivity index (χ2n) is 7.90. The van der Waals surface area contributed by atoms with Gasteiger partial charge in [-0.1, -0.05) is 5.16 Å². The van der Waals surface area contributed by atoms with Gasteiger partial charge in [0.1, 0.15) is 18.1 Å². The number of amides is 1. The predicted molar refractivity (Wildman–Crippen MR) is 122 cm³/mol. The quantitative estimate of drug-likeness (QED) is 0.286. The minimum atomic E-state index is -5.00. The zero-order valence-electron chi connectivity index (χ0n) is 19.6. The van der Waals surface area contributed by atoms with E-state index in [4.69, 9.17) is 4.74 Å². The van der Waals surface area contributed by atoms with Crippen molar-refractivity contribution in [3.63, 3.8) is 0 Å². The third-order valence-corrected chi connectivity index (χ3v) is 6.80. The molecular formula is C21H20F3N4O9P. The number of ether oxygens (including phenoxy) is 2. The number of anilines is 3. The zero-order chi connectivity index (χ0) is 27.6. The van der Waals surface area contributed by atoms with Gasteiger partial charge in [0.2, 0.25) is 0 Å². The van der Waals surface area contributed by atoms with Gasteiger partial charge in [0.25, 0.3) is 0 Å². The molecule has 0 bridgehead atoms. The van der Waals surface area contributed by atoms with Gasteiger partial charge >= 0.3 is 20.0 Å². The fourth-order valence-corrected chi connectivity index (χ4v) is 4.84. The summed E-state index contributed by atoms with van der Waals surface area (Å²) in [5.41, 5.74) is -1.52. The van der Waals surface area contributed by atoms with E-state index in [1.807, 2.05) is 0 Å². The summed E-state index contributed by atoms with van der Waals surface area (Å²) in [5, 5.41) is 3.51. The number of carbonyl (C=O) groups excluding carboxylic acids is 3. The number of hydrogen-bond donors (Lipinski definition) is 1. The van der Waals surface area contributed by atoms with Gasteiger partial charge in [-0.3, -0.25) is 14.6 Å². The Labute approximate surface area is 212 Å². The Balaban J connectivity index is 1.57. The number of aromatic nitrogens is 1. The van der Waals surface area contributed by atoms with Crippen LogP contribution < -0.4 is 14.5 Å². The van der Waals surface area contributed by atoms with Crippen molar-refractivity contribution in [2.75, 3.05) is 40.7 Å². The average Bonchev–Trinajstić information content (AvgIpc) is 3.50. The smallest absolute Gasteiger partial charge is 0.442 e. The van der Waals surface area contributed by atoms with E-state index >= 15 is 4.39 Å². The summed E-state index contributed by atoms with van der Waals surface area (Å²) in [6.45, 7) is 0.0660. The number of allylic oxidation sites excluding steroid dienone is 1. The van der Waals surface area contributed by atoms with Crippen LogP contribution in [0.3, 0.4) is 0 Å². The van der Waals surface area contributed by atoms with Gasteiger partial charge in [-0.2, -0.15) is 0 Å². The first-order valence-corrected chi connectivity index (χ1v) is 12.6. The van der Waals surface area contributed by atoms with Gasteiger partial charge in [-0.15, -0.1) is 0 Å². The van der Waals surface area contributed by atoms with Crippen LogP contribution in [0.2, 0.25) is 0 Å². The Morgan fingerprint density at radius 3 is 2.71 bits per heavy atom. The fourth-order valence-electron chi connectivity index (χ4n) is 3.74. The molecule has 4 rings (SSSR count). The van der Waals surface area contributed by atoms with E-state index in [0.717, 1.165) is 29.5 Å². The van der Waals surface area contributed by atoms with E-state index in [1.54, 1.807) is 0 Å². The zero-order valence-corrected chi connectivity index (χ0v) is 20.5. The third-order valence-electron chi connectivity index (χ3n) is 5.43. The molecule has 17 heteroatoms. The number of rotatable bonds is 8. The summed E-state index contributed by atoms with van der Waals surface area (Å²) < 4.78 is 76.9. The number of carbonyl (C=O) groups is 3. The molecule has 1 aromatic heterocycles. The van der Waals surface area contributed by atoms with Crippen LogP contribution in [0.15, 0.2) is 35.2 Å². The van der Waals surface area contributed by atoms with E-state index in [0.29, 0.717) is 15.6 Å². The Kier molecular flexibility index (Phi) is 7.64. The molecule has 0 aliphatic carbocycles. The Hall–Kier alpha value is -4.04. The molecule has 2 aliphatic heterocycles. The van der Waals surface area contributed by atoms with Crippen molar-refractivity contribution in [1.82, 2.24) is 5.16 Å². The van der Waals surface area contributed by atoms with Crippen molar-refractivity contribution in [3.05, 3.63) is 48.1 Å². The molecule has 0 spiro atoms. The molecule has 2 aliphatic rings. The maximum Gasteiger partial charge on any atom is 0.516 e. The van der Waals surface area contributed by atoms with Crippen molar-refractivity contribution in [2.45, 2.75) is 19.4 Å². The molecule has 13 nitrogen and oxygen atoms in total. The van der Waals surface area contributed by atoms with Crippen molar-refractivity contribution < 1.29 is 55.5 Å². The highest BCUT2D eigenvalue weighted by Crippen LogP contribution is 2.49. The minimum Gasteiger partial charge on any atom is -0.442 e. The molecule has 38 heavy (non-hydrogen) atoms. The number of ketones is 1. The molecule has 1 aromatic carbocycles. The molecule has 1 unspecified atom stereocenters. The molecule has 2 aromatic rings. The molecule has 1 fully saturated rings. The highest BCUT2D eigenvalue weighted by Gasteiger charge is 2.43. The summed E-state index contributed by atoms with van der Waals surface area (Å²) in [5.74, 6) is -4.90. The summed E-state index contributed by atoms with van der Waals surface area (Å²) >= 11 is 0. The van der Waals surface area contributed by atoms with Crippen molar-refractivity contribution in [2.24, 2.45) is 0 Å². The molecule has 1 saturated heterocycles. The molecular weight excluding hydrogens is 540 g/mol. The topological polar surface area (TPSA) is 152 Å². The molecule has 2 atom stereocenters. The van der Waals surface area contributed by atoms with Crippen LogP contribution in [0.5, 0.6) is 0 Å². The second-order valence-corrected chi connectivity index (χ2v) is 9.55. The highest BCUT2D eigenvalue weighted by molar-refractivity contribution is 7.55. The van der Waals surface area contributed by atoms with Crippen LogP contribution in [0.25, 0.3) is 0 Å². The predicted octanol–water partition coefficient (Wildman–Crippen LogP) is 3.49. The first-order valence-electron chi connectivity index (χ1n) is 11.0. The van der Waals surface area contributed by atoms with E-state index in [1.165, 1.54) is 6.92 Å². The van der Waals surface area contributed by atoms with Crippen molar-refractivity contribution in [3.8, 4) is 0 Å². The first kappa shape index (κ1) is 27.0. The number of hydrogen-bond acceptors (Lipinski definition) is 10. The molecule has 0 radical (unpaired) electrons. The van der Waals surface area contributed by atoms with Gasteiger partial charge in [0.15, 0.2) is 29.1 Å². The van der Waals surface area contributed by atoms with Crippen LogP contribution in [0.1, 0.15) is 13.3 Å². The third kappa shape index (κ3) is 5.45. The van der Waals surface area contributed by atoms with Gasteiger partial charge in [0, 0.05) is 31.3 Å². The Morgan fingerprint density at radius 2 is 2.08 bits per heavy atom. The van der Waals surface area contributed by atoms with Crippen LogP contribution >= 0.6 is 7.75 Å². The number of benzene rings is 1. The molecule has 0 saturated carbocycles. The number of halogens is 3. The van der Waals surface area contributed by atoms with Crippen molar-refractivity contribution in [1.29, 1.82) is 0 Å². The van der Waals surface area contributed by atoms with Gasteiger partial charge in [-0.25, -0.2) is 32.0 Å². The van der Waals surface area contributed by atoms with Gasteiger partial charge < -0.3 is 23.4 Å². The Bertz CT molecular complexity index is 1320. The average molecular weight is 560 g/mol. The minimum absolute atomic E-state index is 0.0322. The lowest BCUT2D eigenvalue weighted by Gasteiger charge is -2.26. The second kappa shape index (κ2) is 10.8. The first-order chi connectivity index (χ1) is 18.0. The standard InChI is InChI=1S/C21H20F3N4O9P/c1-2-34-21(31)37-38(32,33)28(16-5-8-35-25-16)11-13-10-27(20(30)36-13)15-9-14(22)19(18(24)17(15)23)26-6-3-12(29)4-7-26/h3,5-6,8-9,13H,2,4,7,10-11H2,1H3,(H,32,33)/t13-/m1/s1. The van der Waals surface area contributed by atoms with Gasteiger partial charge in [0.05, 0.1) is 25.4 Å². The summed E-state index contributed by atoms with van der Waals surface area (Å²) in [4.78, 5) is 47.5. The highest BCUT2D eigenvalue weighted by atomic mass is 31.2. The largest absolute Gasteiger partial charge is 0.516 e. The van der Waals surface area contributed by atoms with Crippen LogP contribution in [-0.2, 0) is 23.4 Å².